The predicted molar refractivity (Wildman–Crippen MR) is 171 cm³/mol. The third kappa shape index (κ3) is 8.72. The molecule has 45 heavy (non-hydrogen) atoms. The lowest BCUT2D eigenvalue weighted by Gasteiger charge is -2.38. The second kappa shape index (κ2) is 15.2. The molecule has 4 aromatic carbocycles. The van der Waals surface area contributed by atoms with Gasteiger partial charge in [0, 0.05) is 42.7 Å². The van der Waals surface area contributed by atoms with Gasteiger partial charge in [0.25, 0.3) is 5.91 Å². The van der Waals surface area contributed by atoms with Gasteiger partial charge in [-0.3, -0.25) is 9.69 Å². The molecule has 2 N–H and O–H groups in total. The molecule has 0 radical (unpaired) electrons. The zero-order chi connectivity index (χ0) is 31.6. The van der Waals surface area contributed by atoms with Crippen LogP contribution in [-0.2, 0) is 15.7 Å². The molecule has 1 aliphatic rings. The lowest BCUT2D eigenvalue weighted by atomic mass is 9.98. The van der Waals surface area contributed by atoms with Crippen molar-refractivity contribution in [3.63, 3.8) is 0 Å². The summed E-state index contributed by atoms with van der Waals surface area (Å²) in [5.41, 5.74) is 3.43. The van der Waals surface area contributed by atoms with Crippen LogP contribution in [0.2, 0.25) is 0 Å². The Morgan fingerprint density at radius 1 is 0.867 bits per heavy atom. The highest BCUT2D eigenvalue weighted by atomic mass is 19.4. The van der Waals surface area contributed by atoms with Crippen LogP contribution in [0.3, 0.4) is 0 Å². The molecule has 0 aliphatic carbocycles. The largest absolute Gasteiger partial charge is 0.416 e. The molecule has 6 nitrogen and oxygen atoms in total. The van der Waals surface area contributed by atoms with Gasteiger partial charge in [0.05, 0.1) is 5.56 Å². The molecule has 1 unspecified atom stereocenters. The van der Waals surface area contributed by atoms with Crippen molar-refractivity contribution >= 4 is 17.3 Å². The third-order valence-electron chi connectivity index (χ3n) is 7.81. The molecule has 9 heteroatoms. The van der Waals surface area contributed by atoms with Crippen molar-refractivity contribution in [3.05, 3.63) is 120 Å². The number of anilines is 2. The molecule has 0 bridgehead atoms. The van der Waals surface area contributed by atoms with E-state index in [1.807, 2.05) is 42.5 Å². The fourth-order valence-corrected chi connectivity index (χ4v) is 5.48. The summed E-state index contributed by atoms with van der Waals surface area (Å²) in [5.74, 6) is -0.339. The van der Waals surface area contributed by atoms with Gasteiger partial charge >= 0.3 is 6.18 Å². The second-order valence-electron chi connectivity index (χ2n) is 11.1. The van der Waals surface area contributed by atoms with Crippen LogP contribution in [-0.4, -0.2) is 43.3 Å². The summed E-state index contributed by atoms with van der Waals surface area (Å²) in [5, 5.41) is 6.53. The lowest BCUT2D eigenvalue weighted by Crippen LogP contribution is -2.42. The van der Waals surface area contributed by atoms with Crippen LogP contribution in [0.4, 0.5) is 24.5 Å². The quantitative estimate of drug-likeness (QED) is 0.123. The van der Waals surface area contributed by atoms with E-state index >= 15 is 0 Å². The average molecular weight is 618 g/mol. The Morgan fingerprint density at radius 2 is 1.51 bits per heavy atom. The van der Waals surface area contributed by atoms with Gasteiger partial charge in [0.1, 0.15) is 13.0 Å². The van der Waals surface area contributed by atoms with E-state index in [0.29, 0.717) is 35.0 Å². The number of amides is 1. The highest BCUT2D eigenvalue weighted by molar-refractivity contribution is 6.08. The minimum atomic E-state index is -4.42. The van der Waals surface area contributed by atoms with E-state index in [1.54, 1.807) is 24.3 Å². The van der Waals surface area contributed by atoms with Crippen LogP contribution < -0.4 is 10.6 Å². The number of benzene rings is 4. The number of likely N-dealkylation sites (tertiary alicyclic amines) is 1. The Hall–Kier alpha value is -4.18. The first kappa shape index (κ1) is 32.2. The summed E-state index contributed by atoms with van der Waals surface area (Å²) in [4.78, 5) is 15.5. The van der Waals surface area contributed by atoms with Crippen LogP contribution in [0.25, 0.3) is 11.1 Å². The van der Waals surface area contributed by atoms with Gasteiger partial charge in [-0.2, -0.15) is 13.2 Å². The fourth-order valence-electron chi connectivity index (χ4n) is 5.48. The number of nitrogens with zero attached hydrogens (tertiary/aromatic N) is 1. The molecular weight excluding hydrogens is 579 g/mol. The van der Waals surface area contributed by atoms with Crippen molar-refractivity contribution < 1.29 is 27.4 Å². The molecular formula is C36H38F3N3O3. The second-order valence-corrected chi connectivity index (χ2v) is 11.1. The van der Waals surface area contributed by atoms with Crippen molar-refractivity contribution in [1.82, 2.24) is 4.90 Å². The molecule has 1 amide bonds. The summed E-state index contributed by atoms with van der Waals surface area (Å²) < 4.78 is 50.8. The Balaban J connectivity index is 1.16. The zero-order valence-corrected chi connectivity index (χ0v) is 25.2. The van der Waals surface area contributed by atoms with E-state index in [9.17, 15) is 18.0 Å². The van der Waals surface area contributed by atoms with Crippen LogP contribution in [0.1, 0.15) is 53.9 Å². The van der Waals surface area contributed by atoms with E-state index in [0.717, 1.165) is 55.7 Å². The van der Waals surface area contributed by atoms with Crippen LogP contribution in [0.15, 0.2) is 103 Å². The fraction of sp³-hybridized carbons (Fsp3) is 0.306. The molecule has 5 rings (SSSR count). The predicted octanol–water partition coefficient (Wildman–Crippen LogP) is 8.60. The highest BCUT2D eigenvalue weighted by Crippen LogP contribution is 2.32. The molecule has 0 aromatic heterocycles. The van der Waals surface area contributed by atoms with Gasteiger partial charge in [-0.05, 0) is 78.4 Å². The highest BCUT2D eigenvalue weighted by Gasteiger charge is 2.30. The Kier molecular flexibility index (Phi) is 10.9. The van der Waals surface area contributed by atoms with Gasteiger partial charge in [-0.15, -0.1) is 0 Å². The number of carbonyl (C=O) groups is 1. The maximum Gasteiger partial charge on any atom is 0.416 e. The van der Waals surface area contributed by atoms with Gasteiger partial charge in [-0.1, -0.05) is 67.6 Å². The topological polar surface area (TPSA) is 62.8 Å². The van der Waals surface area contributed by atoms with Crippen molar-refractivity contribution in [2.24, 2.45) is 0 Å². The van der Waals surface area contributed by atoms with Crippen LogP contribution in [0.5, 0.6) is 0 Å². The molecule has 1 atom stereocenters. The molecule has 1 aliphatic heterocycles. The summed E-state index contributed by atoms with van der Waals surface area (Å²) in [7, 11) is 0. The van der Waals surface area contributed by atoms with E-state index in [1.165, 1.54) is 12.1 Å². The minimum absolute atomic E-state index is 0.156. The molecule has 4 aromatic rings. The molecule has 1 fully saturated rings. The van der Waals surface area contributed by atoms with Crippen molar-refractivity contribution in [1.29, 1.82) is 0 Å². The number of ether oxygens (including phenoxy) is 2. The minimum Gasteiger partial charge on any atom is -0.382 e. The Morgan fingerprint density at radius 3 is 2.18 bits per heavy atom. The first-order valence-corrected chi connectivity index (χ1v) is 15.2. The number of hydrogen-bond acceptors (Lipinski definition) is 5. The Labute approximate surface area is 262 Å². The van der Waals surface area contributed by atoms with E-state index < -0.39 is 11.7 Å². The Bertz CT molecular complexity index is 1500. The van der Waals surface area contributed by atoms with Crippen LogP contribution >= 0.6 is 0 Å². The first-order chi connectivity index (χ1) is 21.8. The molecule has 1 heterocycles. The monoisotopic (exact) mass is 617 g/mol. The maximum atomic E-state index is 13.2. The van der Waals surface area contributed by atoms with Gasteiger partial charge in [0.2, 0.25) is 0 Å². The molecule has 0 saturated carbocycles. The number of alkyl halides is 3. The zero-order valence-electron chi connectivity index (χ0n) is 25.2. The normalized spacial score (nSPS) is 15.0. The summed E-state index contributed by atoms with van der Waals surface area (Å²) in [6, 6.07) is 29.8. The SMILES string of the molecule is CCCOCOC(c1ccccc1)N1CCC(Nc2ccc(NC(=O)c3ccccc3-c3ccc(C(F)(F)F)cc3)cc2)CC1. The maximum absolute atomic E-state index is 13.2. The van der Waals surface area contributed by atoms with E-state index in [2.05, 4.69) is 34.6 Å². The molecule has 1 saturated heterocycles. The van der Waals surface area contributed by atoms with Gasteiger partial charge in [0.15, 0.2) is 0 Å². The number of carbonyl (C=O) groups excluding carboxylic acids is 1. The third-order valence-corrected chi connectivity index (χ3v) is 7.81. The van der Waals surface area contributed by atoms with Crippen molar-refractivity contribution in [3.8, 4) is 11.1 Å². The van der Waals surface area contributed by atoms with Gasteiger partial charge in [-0.25, -0.2) is 0 Å². The first-order valence-electron chi connectivity index (χ1n) is 15.2. The standard InChI is InChI=1S/C36H38F3N3O3/c1-2-24-44-25-45-35(27-8-4-3-5-9-27)42-22-20-31(21-23-42)40-29-16-18-30(19-17-29)41-34(43)33-11-7-6-10-32(33)26-12-14-28(15-13-26)36(37,38)39/h3-19,31,35,40H,2,20-25H2,1H3,(H,41,43). The molecule has 0 spiro atoms. The number of rotatable bonds is 12. The molecule has 236 valence electrons. The number of nitrogens with one attached hydrogen (secondary N) is 2. The van der Waals surface area contributed by atoms with E-state index in [-0.39, 0.29) is 18.9 Å². The number of piperidine rings is 1. The van der Waals surface area contributed by atoms with Crippen LogP contribution in [0, 0.1) is 0 Å². The smallest absolute Gasteiger partial charge is 0.382 e. The number of halogens is 3. The van der Waals surface area contributed by atoms with Crippen molar-refractivity contribution in [2.75, 3.05) is 37.1 Å². The lowest BCUT2D eigenvalue weighted by molar-refractivity contribution is -0.149. The summed E-state index contributed by atoms with van der Waals surface area (Å²) in [6.07, 6.45) is -1.73. The number of hydrogen-bond donors (Lipinski definition) is 2. The summed E-state index contributed by atoms with van der Waals surface area (Å²) >= 11 is 0. The van der Waals surface area contributed by atoms with Crippen molar-refractivity contribution in [2.45, 2.75) is 44.6 Å². The van der Waals surface area contributed by atoms with Gasteiger partial charge < -0.3 is 20.1 Å². The summed E-state index contributed by atoms with van der Waals surface area (Å²) in [6.45, 7) is 4.75. The average Bonchev–Trinajstić information content (AvgIpc) is 3.06. The van der Waals surface area contributed by atoms with E-state index in [4.69, 9.17) is 9.47 Å².